The first-order valence-corrected chi connectivity index (χ1v) is 8.83. The third-order valence-corrected chi connectivity index (χ3v) is 4.66. The van der Waals surface area contributed by atoms with Gasteiger partial charge in [-0.3, -0.25) is 0 Å². The number of benzene rings is 2. The molecule has 0 saturated carbocycles. The van der Waals surface area contributed by atoms with Gasteiger partial charge in [-0.2, -0.15) is 0 Å². The van der Waals surface area contributed by atoms with Crippen molar-refractivity contribution in [1.82, 2.24) is 0 Å². The third kappa shape index (κ3) is 4.07. The number of fused-ring (bicyclic) bond motifs is 1. The van der Waals surface area contributed by atoms with Crippen molar-refractivity contribution in [1.29, 1.82) is 0 Å². The van der Waals surface area contributed by atoms with E-state index in [0.717, 1.165) is 18.7 Å². The Kier molecular flexibility index (Phi) is 4.90. The van der Waals surface area contributed by atoms with Crippen LogP contribution in [-0.4, -0.2) is 13.1 Å². The van der Waals surface area contributed by atoms with Crippen LogP contribution in [-0.2, 0) is 19.3 Å². The zero-order chi connectivity index (χ0) is 16.2. The van der Waals surface area contributed by atoms with E-state index < -0.39 is 0 Å². The van der Waals surface area contributed by atoms with Gasteiger partial charge in [-0.1, -0.05) is 38.1 Å². The van der Waals surface area contributed by atoms with Gasteiger partial charge in [0, 0.05) is 24.5 Å². The number of nitrogens with zero attached hydrogens (tertiary/aromatic N) is 1. The first-order chi connectivity index (χ1) is 11.1. The molecule has 2 aromatic carbocycles. The Morgan fingerprint density at radius 1 is 1.04 bits per heavy atom. The first-order valence-electron chi connectivity index (χ1n) is 8.83. The predicted molar refractivity (Wildman–Crippen MR) is 100 cm³/mol. The molecule has 1 heterocycles. The molecule has 2 nitrogen and oxygen atoms in total. The lowest BCUT2D eigenvalue weighted by Crippen LogP contribution is -2.31. The normalized spacial score (nSPS) is 14.1. The average Bonchev–Trinajstić information content (AvgIpc) is 2.54. The van der Waals surface area contributed by atoms with Gasteiger partial charge in [0.05, 0.1) is 0 Å². The van der Waals surface area contributed by atoms with Crippen LogP contribution in [0.15, 0.2) is 42.5 Å². The minimum atomic E-state index is 0.708. The van der Waals surface area contributed by atoms with Crippen LogP contribution >= 0.6 is 0 Å². The molecule has 0 radical (unpaired) electrons. The summed E-state index contributed by atoms with van der Waals surface area (Å²) in [4.78, 5) is 2.57. The first kappa shape index (κ1) is 15.9. The van der Waals surface area contributed by atoms with Crippen LogP contribution in [0.25, 0.3) is 0 Å². The van der Waals surface area contributed by atoms with Crippen LogP contribution in [0.5, 0.6) is 0 Å². The molecule has 23 heavy (non-hydrogen) atoms. The zero-order valence-corrected chi connectivity index (χ0v) is 14.4. The summed E-state index contributed by atoms with van der Waals surface area (Å²) in [6, 6.07) is 15.4. The molecule has 0 spiro atoms. The third-order valence-electron chi connectivity index (χ3n) is 4.66. The summed E-state index contributed by atoms with van der Waals surface area (Å²) in [6.07, 6.45) is 4.72. The van der Waals surface area contributed by atoms with Crippen LogP contribution in [0.4, 0.5) is 11.4 Å². The van der Waals surface area contributed by atoms with E-state index in [1.165, 1.54) is 48.2 Å². The second-order valence-corrected chi connectivity index (χ2v) is 7.14. The highest BCUT2D eigenvalue weighted by atomic mass is 15.1. The lowest BCUT2D eigenvalue weighted by Gasteiger charge is -2.32. The number of rotatable bonds is 5. The molecule has 1 aliphatic heterocycles. The summed E-state index contributed by atoms with van der Waals surface area (Å²) in [5, 5.41) is 0. The van der Waals surface area contributed by atoms with Crippen LogP contribution in [0, 0.1) is 5.92 Å². The van der Waals surface area contributed by atoms with Crippen LogP contribution in [0.2, 0.25) is 0 Å². The second-order valence-electron chi connectivity index (χ2n) is 7.14. The van der Waals surface area contributed by atoms with Gasteiger partial charge in [-0.05, 0) is 66.5 Å². The van der Waals surface area contributed by atoms with E-state index in [2.05, 4.69) is 49.1 Å². The summed E-state index contributed by atoms with van der Waals surface area (Å²) in [6.45, 7) is 6.84. The Morgan fingerprint density at radius 2 is 1.78 bits per heavy atom. The molecule has 122 valence electrons. The average molecular weight is 308 g/mol. The molecule has 1 aliphatic rings. The number of hydrogen-bond acceptors (Lipinski definition) is 2. The molecule has 2 heteroatoms. The topological polar surface area (TPSA) is 29.3 Å². The van der Waals surface area contributed by atoms with Gasteiger partial charge >= 0.3 is 0 Å². The Labute approximate surface area is 140 Å². The molecule has 0 fully saturated rings. The SMILES string of the molecule is CC(C)Cc1ccc2c(c1)N(CCc1ccc(N)cc1)CCC2. The standard InChI is InChI=1S/C21H28N2/c1-16(2)14-18-5-8-19-4-3-12-23(21(19)15-18)13-11-17-6-9-20(22)10-7-17/h5-10,15-16H,3-4,11-14,22H2,1-2H3. The summed E-state index contributed by atoms with van der Waals surface area (Å²) in [5.41, 5.74) is 12.4. The lowest BCUT2D eigenvalue weighted by atomic mass is 9.95. The van der Waals surface area contributed by atoms with Gasteiger partial charge in [-0.15, -0.1) is 0 Å². The Balaban J connectivity index is 1.73. The molecule has 0 aliphatic carbocycles. The van der Waals surface area contributed by atoms with E-state index in [-0.39, 0.29) is 0 Å². The molecule has 0 saturated heterocycles. The summed E-state index contributed by atoms with van der Waals surface area (Å²) >= 11 is 0. The Hall–Kier alpha value is -1.96. The lowest BCUT2D eigenvalue weighted by molar-refractivity contribution is 0.643. The van der Waals surface area contributed by atoms with Crippen molar-refractivity contribution in [3.63, 3.8) is 0 Å². The van der Waals surface area contributed by atoms with Gasteiger partial charge in [0.25, 0.3) is 0 Å². The van der Waals surface area contributed by atoms with E-state index in [1.54, 1.807) is 0 Å². The quantitative estimate of drug-likeness (QED) is 0.826. The highest BCUT2D eigenvalue weighted by Gasteiger charge is 2.17. The smallest absolute Gasteiger partial charge is 0.0401 e. The van der Waals surface area contributed by atoms with Crippen molar-refractivity contribution in [3.05, 3.63) is 59.2 Å². The van der Waals surface area contributed by atoms with Gasteiger partial charge < -0.3 is 10.6 Å². The number of hydrogen-bond donors (Lipinski definition) is 1. The molecule has 0 amide bonds. The van der Waals surface area contributed by atoms with Crippen LogP contribution < -0.4 is 10.6 Å². The number of nitrogens with two attached hydrogens (primary N) is 1. The summed E-state index contributed by atoms with van der Waals surface area (Å²) in [5.74, 6) is 0.708. The van der Waals surface area contributed by atoms with Gasteiger partial charge in [0.2, 0.25) is 0 Å². The fraction of sp³-hybridized carbons (Fsp3) is 0.429. The fourth-order valence-electron chi connectivity index (χ4n) is 3.48. The zero-order valence-electron chi connectivity index (χ0n) is 14.4. The van der Waals surface area contributed by atoms with E-state index >= 15 is 0 Å². The minimum Gasteiger partial charge on any atom is -0.399 e. The van der Waals surface area contributed by atoms with E-state index in [0.29, 0.717) is 5.92 Å². The molecule has 2 aromatic rings. The largest absolute Gasteiger partial charge is 0.399 e. The summed E-state index contributed by atoms with van der Waals surface area (Å²) < 4.78 is 0. The maximum Gasteiger partial charge on any atom is 0.0401 e. The van der Waals surface area contributed by atoms with Crippen molar-refractivity contribution in [3.8, 4) is 0 Å². The highest BCUT2D eigenvalue weighted by molar-refractivity contribution is 5.57. The minimum absolute atomic E-state index is 0.708. The van der Waals surface area contributed by atoms with Gasteiger partial charge in [0.1, 0.15) is 0 Å². The molecule has 2 N–H and O–H groups in total. The van der Waals surface area contributed by atoms with E-state index in [4.69, 9.17) is 5.73 Å². The maximum atomic E-state index is 5.77. The molecule has 0 bridgehead atoms. The number of nitrogen functional groups attached to an aromatic ring is 1. The molecular formula is C21H28N2. The maximum absolute atomic E-state index is 5.77. The van der Waals surface area contributed by atoms with Crippen molar-refractivity contribution in [2.45, 2.75) is 39.5 Å². The fourth-order valence-corrected chi connectivity index (χ4v) is 3.48. The van der Waals surface area contributed by atoms with Crippen molar-refractivity contribution >= 4 is 11.4 Å². The number of anilines is 2. The second kappa shape index (κ2) is 7.08. The summed E-state index contributed by atoms with van der Waals surface area (Å²) in [7, 11) is 0. The van der Waals surface area contributed by atoms with Crippen molar-refractivity contribution < 1.29 is 0 Å². The van der Waals surface area contributed by atoms with E-state index in [9.17, 15) is 0 Å². The van der Waals surface area contributed by atoms with Crippen molar-refractivity contribution in [2.75, 3.05) is 23.7 Å². The number of aryl methyl sites for hydroxylation is 1. The molecule has 3 rings (SSSR count). The monoisotopic (exact) mass is 308 g/mol. The predicted octanol–water partition coefficient (Wildman–Crippen LogP) is 4.46. The van der Waals surface area contributed by atoms with Crippen LogP contribution in [0.3, 0.4) is 0 Å². The molecular weight excluding hydrogens is 280 g/mol. The van der Waals surface area contributed by atoms with Gasteiger partial charge in [0.15, 0.2) is 0 Å². The highest BCUT2D eigenvalue weighted by Crippen LogP contribution is 2.29. The van der Waals surface area contributed by atoms with Crippen molar-refractivity contribution in [2.24, 2.45) is 5.92 Å². The van der Waals surface area contributed by atoms with E-state index in [1.807, 2.05) is 12.1 Å². The molecule has 0 atom stereocenters. The van der Waals surface area contributed by atoms with Crippen LogP contribution in [0.1, 0.15) is 37.0 Å². The molecule has 0 aromatic heterocycles. The molecule has 0 unspecified atom stereocenters. The van der Waals surface area contributed by atoms with Gasteiger partial charge in [-0.25, -0.2) is 0 Å². The Bertz CT molecular complexity index is 643. The Morgan fingerprint density at radius 3 is 2.52 bits per heavy atom.